The Morgan fingerprint density at radius 1 is 1.33 bits per heavy atom. The topological polar surface area (TPSA) is 148 Å². The van der Waals surface area contributed by atoms with Crippen LogP contribution in [0.15, 0.2) is 62.1 Å². The molecule has 0 spiro atoms. The van der Waals surface area contributed by atoms with Crippen LogP contribution in [-0.4, -0.2) is 34.1 Å². The van der Waals surface area contributed by atoms with Crippen molar-refractivity contribution in [1.82, 2.24) is 20.0 Å². The van der Waals surface area contributed by atoms with E-state index in [1.54, 1.807) is 6.92 Å². The highest BCUT2D eigenvalue weighted by atomic mass is 35.5. The Labute approximate surface area is 158 Å². The quantitative estimate of drug-likeness (QED) is 0.545. The summed E-state index contributed by atoms with van der Waals surface area (Å²) in [4.78, 5) is 12.6. The molecule has 0 atom stereocenters. The molecular formula is C16H15ClN6O3S. The number of H-pyrrole nitrogens is 1. The van der Waals surface area contributed by atoms with Crippen molar-refractivity contribution in [2.75, 3.05) is 0 Å². The molecule has 1 aromatic carbocycles. The third-order valence-electron chi connectivity index (χ3n) is 3.84. The van der Waals surface area contributed by atoms with Crippen LogP contribution < -0.4 is 11.3 Å². The predicted molar refractivity (Wildman–Crippen MR) is 101 cm³/mol. The van der Waals surface area contributed by atoms with E-state index in [9.17, 15) is 13.2 Å². The smallest absolute Gasteiger partial charge is 0.274 e. The van der Waals surface area contributed by atoms with Crippen LogP contribution in [0.5, 0.6) is 0 Å². The van der Waals surface area contributed by atoms with Gasteiger partial charge in [0.25, 0.3) is 5.56 Å². The minimum Gasteiger partial charge on any atom is -0.401 e. The lowest BCUT2D eigenvalue weighted by Crippen LogP contribution is -2.27. The largest absolute Gasteiger partial charge is 0.401 e. The molecular weight excluding hydrogens is 392 g/mol. The number of hydrogen-bond acceptors (Lipinski definition) is 7. The standard InChI is InChI=1S/C16H15ClN6O3S/c1-9(18)15(17)14(19)8-23-16(24)13-3-2-11(4-10(13)5-22-23)27(25,26)12-6-20-21-7-12/h2-7,19H,8,18H2,1H3,(H,20,21)/b15-9+,19-14?. The van der Waals surface area contributed by atoms with E-state index in [4.69, 9.17) is 22.7 Å². The van der Waals surface area contributed by atoms with Crippen molar-refractivity contribution in [2.45, 2.75) is 23.3 Å². The minimum atomic E-state index is -3.75. The van der Waals surface area contributed by atoms with Crippen molar-refractivity contribution in [2.24, 2.45) is 5.73 Å². The van der Waals surface area contributed by atoms with Gasteiger partial charge in [-0.15, -0.1) is 0 Å². The first kappa shape index (κ1) is 18.8. The Hall–Kier alpha value is -2.98. The maximum absolute atomic E-state index is 12.6. The highest BCUT2D eigenvalue weighted by molar-refractivity contribution is 7.91. The van der Waals surface area contributed by atoms with Crippen molar-refractivity contribution >= 4 is 37.9 Å². The van der Waals surface area contributed by atoms with E-state index in [1.165, 1.54) is 36.8 Å². The second-order valence-electron chi connectivity index (χ2n) is 5.77. The molecule has 0 fully saturated rings. The van der Waals surface area contributed by atoms with Gasteiger partial charge in [-0.2, -0.15) is 10.2 Å². The molecule has 0 radical (unpaired) electrons. The number of allylic oxidation sites excluding steroid dienone is 2. The van der Waals surface area contributed by atoms with Gasteiger partial charge in [0.2, 0.25) is 9.84 Å². The monoisotopic (exact) mass is 406 g/mol. The minimum absolute atomic E-state index is 0.0211. The van der Waals surface area contributed by atoms with Crippen LogP contribution in [0, 0.1) is 5.41 Å². The van der Waals surface area contributed by atoms with Crippen LogP contribution in [0.2, 0.25) is 0 Å². The second kappa shape index (κ2) is 6.97. The van der Waals surface area contributed by atoms with Crippen molar-refractivity contribution in [3.8, 4) is 0 Å². The summed E-state index contributed by atoms with van der Waals surface area (Å²) in [5.41, 5.74) is 5.30. The van der Waals surface area contributed by atoms with E-state index in [2.05, 4.69) is 15.3 Å². The van der Waals surface area contributed by atoms with Crippen molar-refractivity contribution < 1.29 is 8.42 Å². The molecule has 3 aromatic rings. The van der Waals surface area contributed by atoms with Crippen molar-refractivity contribution in [1.29, 1.82) is 5.41 Å². The van der Waals surface area contributed by atoms with Crippen molar-refractivity contribution in [3.05, 3.63) is 57.9 Å². The molecule has 2 heterocycles. The molecule has 0 amide bonds. The summed E-state index contributed by atoms with van der Waals surface area (Å²) in [5.74, 6) is 0. The lowest BCUT2D eigenvalue weighted by atomic mass is 10.2. The number of fused-ring (bicyclic) bond motifs is 1. The number of nitrogens with zero attached hydrogens (tertiary/aromatic N) is 3. The number of aromatic amines is 1. The zero-order chi connectivity index (χ0) is 19.8. The lowest BCUT2D eigenvalue weighted by molar-refractivity contribution is 0.596. The molecule has 0 unspecified atom stereocenters. The van der Waals surface area contributed by atoms with Crippen LogP contribution in [0.1, 0.15) is 6.92 Å². The number of rotatable bonds is 5. The van der Waals surface area contributed by atoms with Gasteiger partial charge in [0.05, 0.1) is 40.0 Å². The van der Waals surface area contributed by atoms with E-state index in [1.807, 2.05) is 0 Å². The third-order valence-corrected chi connectivity index (χ3v) is 6.08. The number of sulfone groups is 1. The molecule has 0 saturated heterocycles. The molecule has 140 valence electrons. The number of nitrogens with two attached hydrogens (primary N) is 1. The molecule has 0 aliphatic rings. The summed E-state index contributed by atoms with van der Waals surface area (Å²) < 4.78 is 26.2. The number of benzene rings is 1. The van der Waals surface area contributed by atoms with Gasteiger partial charge >= 0.3 is 0 Å². The average Bonchev–Trinajstić information content (AvgIpc) is 3.18. The van der Waals surface area contributed by atoms with E-state index in [0.717, 1.165) is 4.68 Å². The highest BCUT2D eigenvalue weighted by Crippen LogP contribution is 2.22. The van der Waals surface area contributed by atoms with Crippen molar-refractivity contribution in [3.63, 3.8) is 0 Å². The summed E-state index contributed by atoms with van der Waals surface area (Å²) >= 11 is 5.92. The van der Waals surface area contributed by atoms with Gasteiger partial charge in [-0.1, -0.05) is 11.6 Å². The Kier molecular flexibility index (Phi) is 4.85. The van der Waals surface area contributed by atoms with Gasteiger partial charge in [-0.3, -0.25) is 9.89 Å². The normalized spacial score (nSPS) is 12.8. The maximum atomic E-state index is 12.6. The molecule has 0 aliphatic heterocycles. The average molecular weight is 407 g/mol. The number of nitrogens with one attached hydrogen (secondary N) is 2. The summed E-state index contributed by atoms with van der Waals surface area (Å²) in [5, 5.41) is 18.7. The van der Waals surface area contributed by atoms with E-state index in [0.29, 0.717) is 5.39 Å². The first-order valence-electron chi connectivity index (χ1n) is 7.65. The Morgan fingerprint density at radius 2 is 2.07 bits per heavy atom. The van der Waals surface area contributed by atoms with Gasteiger partial charge in [0.15, 0.2) is 0 Å². The molecule has 9 nitrogen and oxygen atoms in total. The highest BCUT2D eigenvalue weighted by Gasteiger charge is 2.20. The molecule has 11 heteroatoms. The van der Waals surface area contributed by atoms with Crippen LogP contribution >= 0.6 is 11.6 Å². The first-order valence-corrected chi connectivity index (χ1v) is 9.51. The molecule has 3 rings (SSSR count). The van der Waals surface area contributed by atoms with Crippen LogP contribution in [-0.2, 0) is 16.4 Å². The van der Waals surface area contributed by atoms with E-state index >= 15 is 0 Å². The zero-order valence-electron chi connectivity index (χ0n) is 14.1. The van der Waals surface area contributed by atoms with Crippen LogP contribution in [0.25, 0.3) is 10.8 Å². The van der Waals surface area contributed by atoms with Crippen LogP contribution in [0.3, 0.4) is 0 Å². The van der Waals surface area contributed by atoms with Gasteiger partial charge < -0.3 is 11.1 Å². The number of aromatic nitrogens is 4. The molecule has 27 heavy (non-hydrogen) atoms. The summed E-state index contributed by atoms with van der Waals surface area (Å²) in [6.45, 7) is 1.40. The number of hydrogen-bond donors (Lipinski definition) is 3. The fourth-order valence-corrected chi connectivity index (χ4v) is 3.69. The summed E-state index contributed by atoms with van der Waals surface area (Å²) in [6.07, 6.45) is 3.85. The molecule has 0 aliphatic carbocycles. The fourth-order valence-electron chi connectivity index (χ4n) is 2.42. The molecule has 0 bridgehead atoms. The first-order chi connectivity index (χ1) is 12.7. The third kappa shape index (κ3) is 3.49. The Bertz CT molecular complexity index is 1220. The SMILES string of the molecule is C/C(N)=C(\Cl)C(=N)Cn1ncc2cc(S(=O)(=O)c3cn[nH]c3)ccc2c1=O. The molecule has 0 saturated carbocycles. The van der Waals surface area contributed by atoms with E-state index in [-0.39, 0.29) is 38.2 Å². The molecule has 2 aromatic heterocycles. The number of halogens is 1. The van der Waals surface area contributed by atoms with E-state index < -0.39 is 15.4 Å². The summed E-state index contributed by atoms with van der Waals surface area (Å²) in [6, 6.07) is 4.13. The van der Waals surface area contributed by atoms with Gasteiger partial charge in [-0.25, -0.2) is 13.1 Å². The Morgan fingerprint density at radius 3 is 2.70 bits per heavy atom. The summed E-state index contributed by atoms with van der Waals surface area (Å²) in [7, 11) is -3.75. The second-order valence-corrected chi connectivity index (χ2v) is 8.10. The fraction of sp³-hybridized carbons (Fsp3) is 0.125. The molecule has 4 N–H and O–H groups in total. The maximum Gasteiger partial charge on any atom is 0.274 e. The van der Waals surface area contributed by atoms with Gasteiger partial charge in [0, 0.05) is 17.3 Å². The zero-order valence-corrected chi connectivity index (χ0v) is 15.7. The lowest BCUT2D eigenvalue weighted by Gasteiger charge is -2.09. The predicted octanol–water partition coefficient (Wildman–Crippen LogP) is 1.40. The van der Waals surface area contributed by atoms with Gasteiger partial charge in [-0.05, 0) is 25.1 Å². The van der Waals surface area contributed by atoms with Gasteiger partial charge in [0.1, 0.15) is 4.90 Å². The Balaban J connectivity index is 2.03. The van der Waals surface area contributed by atoms with Crippen LogP contribution in [0.4, 0.5) is 0 Å².